The Morgan fingerprint density at radius 3 is 2.74 bits per heavy atom. The fraction of sp³-hybridized carbons (Fsp3) is 0.0476. The number of hydrogen-bond donors (Lipinski definition) is 1. The second-order valence-electron chi connectivity index (χ2n) is 6.11. The summed E-state index contributed by atoms with van der Waals surface area (Å²) in [5.41, 5.74) is 3.28. The standard InChI is InChI=1S/C21H14ClFN2O2/c1-12-6-9-17-19(10-12)27-21(25-17)15-8-7-13(22)11-18(15)24-20(26)14-4-2-3-5-16(14)23/h2-11H,1H3,(H,24,26). The lowest BCUT2D eigenvalue weighted by Crippen LogP contribution is -2.14. The van der Waals surface area contributed by atoms with Gasteiger partial charge in [-0.2, -0.15) is 0 Å². The molecule has 1 heterocycles. The first-order valence-electron chi connectivity index (χ1n) is 8.24. The smallest absolute Gasteiger partial charge is 0.258 e. The van der Waals surface area contributed by atoms with Gasteiger partial charge in [0, 0.05) is 5.02 Å². The molecular weight excluding hydrogens is 367 g/mol. The van der Waals surface area contributed by atoms with E-state index in [-0.39, 0.29) is 5.56 Å². The zero-order valence-electron chi connectivity index (χ0n) is 14.3. The third-order valence-corrected chi connectivity index (χ3v) is 4.36. The van der Waals surface area contributed by atoms with Crippen LogP contribution in [0.3, 0.4) is 0 Å². The minimum absolute atomic E-state index is 0.0587. The summed E-state index contributed by atoms with van der Waals surface area (Å²) in [6.45, 7) is 1.96. The molecule has 27 heavy (non-hydrogen) atoms. The van der Waals surface area contributed by atoms with Gasteiger partial charge in [-0.05, 0) is 55.0 Å². The molecule has 3 aromatic carbocycles. The van der Waals surface area contributed by atoms with Crippen LogP contribution < -0.4 is 5.32 Å². The number of amides is 1. The van der Waals surface area contributed by atoms with E-state index >= 15 is 0 Å². The van der Waals surface area contributed by atoms with Crippen LogP contribution in [0.4, 0.5) is 10.1 Å². The number of anilines is 1. The summed E-state index contributed by atoms with van der Waals surface area (Å²) in [5.74, 6) is -0.837. The van der Waals surface area contributed by atoms with Crippen LogP contribution in [0, 0.1) is 12.7 Å². The van der Waals surface area contributed by atoms with Crippen molar-refractivity contribution in [1.29, 1.82) is 0 Å². The van der Waals surface area contributed by atoms with Crippen LogP contribution in [0.2, 0.25) is 5.02 Å². The van der Waals surface area contributed by atoms with Crippen LogP contribution in [0.5, 0.6) is 0 Å². The number of carbonyl (C=O) groups excluding carboxylic acids is 1. The van der Waals surface area contributed by atoms with Gasteiger partial charge in [0.15, 0.2) is 5.58 Å². The van der Waals surface area contributed by atoms with Crippen LogP contribution in [0.25, 0.3) is 22.6 Å². The average molecular weight is 381 g/mol. The highest BCUT2D eigenvalue weighted by Gasteiger charge is 2.17. The zero-order valence-corrected chi connectivity index (χ0v) is 15.0. The van der Waals surface area contributed by atoms with E-state index in [0.717, 1.165) is 5.56 Å². The van der Waals surface area contributed by atoms with E-state index in [1.165, 1.54) is 18.2 Å². The van der Waals surface area contributed by atoms with Gasteiger partial charge in [-0.3, -0.25) is 4.79 Å². The zero-order chi connectivity index (χ0) is 19.0. The summed E-state index contributed by atoms with van der Waals surface area (Å²) in [7, 11) is 0. The molecule has 1 N–H and O–H groups in total. The van der Waals surface area contributed by atoms with E-state index in [0.29, 0.717) is 33.3 Å². The van der Waals surface area contributed by atoms with Gasteiger partial charge >= 0.3 is 0 Å². The summed E-state index contributed by atoms with van der Waals surface area (Å²) in [4.78, 5) is 17.0. The summed E-state index contributed by atoms with van der Waals surface area (Å²) < 4.78 is 19.8. The molecule has 0 aliphatic carbocycles. The van der Waals surface area contributed by atoms with Crippen molar-refractivity contribution in [3.63, 3.8) is 0 Å². The van der Waals surface area contributed by atoms with Crippen LogP contribution >= 0.6 is 11.6 Å². The number of rotatable bonds is 3. The largest absolute Gasteiger partial charge is 0.436 e. The van der Waals surface area contributed by atoms with Crippen molar-refractivity contribution >= 4 is 34.3 Å². The number of nitrogens with one attached hydrogen (secondary N) is 1. The molecule has 0 saturated heterocycles. The number of benzene rings is 3. The Morgan fingerprint density at radius 2 is 1.93 bits per heavy atom. The Hall–Kier alpha value is -3.18. The Bertz CT molecular complexity index is 1170. The Morgan fingerprint density at radius 1 is 1.11 bits per heavy atom. The first-order chi connectivity index (χ1) is 13.0. The van der Waals surface area contributed by atoms with Gasteiger partial charge in [0.1, 0.15) is 11.3 Å². The summed E-state index contributed by atoms with van der Waals surface area (Å²) in [5, 5.41) is 3.12. The fourth-order valence-electron chi connectivity index (χ4n) is 2.79. The van der Waals surface area contributed by atoms with Gasteiger partial charge in [-0.15, -0.1) is 0 Å². The molecule has 0 atom stereocenters. The molecule has 4 nitrogen and oxygen atoms in total. The second kappa shape index (κ2) is 6.85. The lowest BCUT2D eigenvalue weighted by Gasteiger charge is -2.10. The maximum atomic E-state index is 13.9. The topological polar surface area (TPSA) is 55.1 Å². The summed E-state index contributed by atoms with van der Waals surface area (Å²) in [6.07, 6.45) is 0. The number of fused-ring (bicyclic) bond motifs is 1. The Kier molecular flexibility index (Phi) is 4.38. The van der Waals surface area contributed by atoms with Crippen LogP contribution in [0.1, 0.15) is 15.9 Å². The minimum Gasteiger partial charge on any atom is -0.436 e. The highest BCUT2D eigenvalue weighted by atomic mass is 35.5. The molecule has 0 fully saturated rings. The molecule has 0 radical (unpaired) electrons. The first-order valence-corrected chi connectivity index (χ1v) is 8.62. The molecular formula is C21H14ClFN2O2. The fourth-order valence-corrected chi connectivity index (χ4v) is 2.96. The maximum Gasteiger partial charge on any atom is 0.258 e. The Balaban J connectivity index is 1.76. The number of aryl methyl sites for hydroxylation is 1. The highest BCUT2D eigenvalue weighted by molar-refractivity contribution is 6.31. The lowest BCUT2D eigenvalue weighted by atomic mass is 10.1. The van der Waals surface area contributed by atoms with Crippen molar-refractivity contribution in [2.75, 3.05) is 5.32 Å². The van der Waals surface area contributed by atoms with Crippen LogP contribution in [-0.4, -0.2) is 10.9 Å². The average Bonchev–Trinajstić information content (AvgIpc) is 3.05. The summed E-state index contributed by atoms with van der Waals surface area (Å²) in [6, 6.07) is 16.4. The SMILES string of the molecule is Cc1ccc2nc(-c3ccc(Cl)cc3NC(=O)c3ccccc3F)oc2c1. The molecule has 1 amide bonds. The van der Waals surface area contributed by atoms with Crippen molar-refractivity contribution in [1.82, 2.24) is 4.98 Å². The number of hydrogen-bond acceptors (Lipinski definition) is 3. The van der Waals surface area contributed by atoms with Crippen molar-refractivity contribution in [3.8, 4) is 11.5 Å². The first kappa shape index (κ1) is 17.2. The van der Waals surface area contributed by atoms with Gasteiger partial charge in [0.2, 0.25) is 5.89 Å². The molecule has 0 unspecified atom stereocenters. The van der Waals surface area contributed by atoms with Crippen molar-refractivity contribution in [2.45, 2.75) is 6.92 Å². The molecule has 0 spiro atoms. The van der Waals surface area contributed by atoms with Gasteiger partial charge in [-0.1, -0.05) is 29.8 Å². The Labute approximate surface area is 159 Å². The second-order valence-corrected chi connectivity index (χ2v) is 6.55. The lowest BCUT2D eigenvalue weighted by molar-refractivity contribution is 0.102. The van der Waals surface area contributed by atoms with E-state index in [4.69, 9.17) is 16.0 Å². The molecule has 1 aromatic heterocycles. The molecule has 0 bridgehead atoms. The number of aromatic nitrogens is 1. The monoisotopic (exact) mass is 380 g/mol. The highest BCUT2D eigenvalue weighted by Crippen LogP contribution is 2.33. The van der Waals surface area contributed by atoms with Crippen molar-refractivity contribution in [3.05, 3.63) is 82.6 Å². The molecule has 4 aromatic rings. The van der Waals surface area contributed by atoms with E-state index < -0.39 is 11.7 Å². The number of halogens is 2. The molecule has 0 aliphatic heterocycles. The summed E-state index contributed by atoms with van der Waals surface area (Å²) >= 11 is 6.09. The third-order valence-electron chi connectivity index (χ3n) is 4.12. The quantitative estimate of drug-likeness (QED) is 0.485. The number of carbonyl (C=O) groups is 1. The maximum absolute atomic E-state index is 13.9. The minimum atomic E-state index is -0.601. The molecule has 134 valence electrons. The predicted molar refractivity (Wildman–Crippen MR) is 104 cm³/mol. The number of nitrogens with zero attached hydrogens (tertiary/aromatic N) is 1. The van der Waals surface area contributed by atoms with E-state index in [9.17, 15) is 9.18 Å². The van der Waals surface area contributed by atoms with Crippen LogP contribution in [0.15, 0.2) is 65.1 Å². The van der Waals surface area contributed by atoms with Crippen molar-refractivity contribution in [2.24, 2.45) is 0 Å². The van der Waals surface area contributed by atoms with Gasteiger partial charge in [0.05, 0.1) is 16.8 Å². The van der Waals surface area contributed by atoms with Crippen molar-refractivity contribution < 1.29 is 13.6 Å². The van der Waals surface area contributed by atoms with Gasteiger partial charge in [0.25, 0.3) is 5.91 Å². The predicted octanol–water partition coefficient (Wildman–Crippen LogP) is 5.85. The molecule has 6 heteroatoms. The van der Waals surface area contributed by atoms with E-state index in [1.807, 2.05) is 25.1 Å². The molecule has 0 saturated carbocycles. The third kappa shape index (κ3) is 3.41. The molecule has 0 aliphatic rings. The molecule has 4 rings (SSSR count). The van der Waals surface area contributed by atoms with Gasteiger partial charge < -0.3 is 9.73 Å². The van der Waals surface area contributed by atoms with Gasteiger partial charge in [-0.25, -0.2) is 9.37 Å². The van der Waals surface area contributed by atoms with Crippen LogP contribution in [-0.2, 0) is 0 Å². The van der Waals surface area contributed by atoms with E-state index in [1.54, 1.807) is 24.3 Å². The normalized spacial score (nSPS) is 10.9. The number of oxazole rings is 1. The van der Waals surface area contributed by atoms with E-state index in [2.05, 4.69) is 10.3 Å².